The van der Waals surface area contributed by atoms with Gasteiger partial charge in [0.1, 0.15) is 0 Å². The van der Waals surface area contributed by atoms with Crippen LogP contribution in [-0.2, 0) is 13.0 Å². The molecule has 2 aromatic rings. The molecule has 1 aromatic heterocycles. The minimum absolute atomic E-state index is 0.411. The molecule has 0 bridgehead atoms. The minimum Gasteiger partial charge on any atom is -0.478 e. The Morgan fingerprint density at radius 2 is 2.06 bits per heavy atom. The van der Waals surface area contributed by atoms with Crippen LogP contribution in [0.4, 0.5) is 0 Å². The predicted molar refractivity (Wildman–Crippen MR) is 68.7 cm³/mol. The molecular weight excluding hydrogens is 214 g/mol. The molecule has 1 heterocycles. The third-order valence-corrected chi connectivity index (χ3v) is 3.21. The zero-order valence-corrected chi connectivity index (χ0v) is 10.4. The smallest absolute Gasteiger partial charge is 0.337 e. The van der Waals surface area contributed by atoms with Gasteiger partial charge in [0.25, 0.3) is 0 Å². The molecule has 0 unspecified atom stereocenters. The number of nitrogens with zero attached hydrogens (tertiary/aromatic N) is 1. The molecule has 0 spiro atoms. The number of benzene rings is 1. The maximum Gasteiger partial charge on any atom is 0.337 e. The Bertz CT molecular complexity index is 581. The maximum atomic E-state index is 11.3. The number of aryl methyl sites for hydroxylation is 3. The Morgan fingerprint density at radius 1 is 1.35 bits per heavy atom. The average Bonchev–Trinajstić information content (AvgIpc) is 2.65. The fourth-order valence-electron chi connectivity index (χ4n) is 2.29. The largest absolute Gasteiger partial charge is 0.478 e. The second kappa shape index (κ2) is 4.24. The summed E-state index contributed by atoms with van der Waals surface area (Å²) in [7, 11) is 0. The first-order chi connectivity index (χ1) is 8.08. The van der Waals surface area contributed by atoms with Gasteiger partial charge in [0, 0.05) is 18.1 Å². The minimum atomic E-state index is -0.849. The van der Waals surface area contributed by atoms with Gasteiger partial charge in [-0.1, -0.05) is 6.92 Å². The lowest BCUT2D eigenvalue weighted by Gasteiger charge is -2.07. The number of hydrogen-bond acceptors (Lipinski definition) is 1. The second-order valence-electron chi connectivity index (χ2n) is 4.30. The highest BCUT2D eigenvalue weighted by Gasteiger charge is 2.15. The van der Waals surface area contributed by atoms with Gasteiger partial charge in [0.2, 0.25) is 0 Å². The van der Waals surface area contributed by atoms with E-state index in [0.29, 0.717) is 5.56 Å². The van der Waals surface area contributed by atoms with Gasteiger partial charge in [-0.25, -0.2) is 4.79 Å². The van der Waals surface area contributed by atoms with Crippen LogP contribution in [0.5, 0.6) is 0 Å². The number of carbonyl (C=O) groups is 1. The standard InChI is InChI=1S/C14H17NO2/c1-4-10-6-11-9(3)8-15(5-2)13(11)12(7-10)14(16)17/h6-8H,4-5H2,1-3H3,(H,16,17). The number of carboxylic acids is 1. The molecule has 0 aliphatic carbocycles. The average molecular weight is 231 g/mol. The van der Waals surface area contributed by atoms with Crippen molar-refractivity contribution >= 4 is 16.9 Å². The molecule has 0 radical (unpaired) electrons. The fraction of sp³-hybridized carbons (Fsp3) is 0.357. The highest BCUT2D eigenvalue weighted by atomic mass is 16.4. The van der Waals surface area contributed by atoms with Crippen LogP contribution in [-0.4, -0.2) is 15.6 Å². The van der Waals surface area contributed by atoms with Crippen LogP contribution >= 0.6 is 0 Å². The lowest BCUT2D eigenvalue weighted by atomic mass is 10.0. The SMILES string of the molecule is CCc1cc(C(=O)O)c2c(c1)c(C)cn2CC. The van der Waals surface area contributed by atoms with E-state index in [-0.39, 0.29) is 0 Å². The van der Waals surface area contributed by atoms with Gasteiger partial charge in [0.15, 0.2) is 0 Å². The van der Waals surface area contributed by atoms with Gasteiger partial charge in [-0.15, -0.1) is 0 Å². The van der Waals surface area contributed by atoms with Gasteiger partial charge in [-0.3, -0.25) is 0 Å². The van der Waals surface area contributed by atoms with Crippen molar-refractivity contribution < 1.29 is 9.90 Å². The lowest BCUT2D eigenvalue weighted by molar-refractivity contribution is 0.0698. The molecule has 3 heteroatoms. The highest BCUT2D eigenvalue weighted by molar-refractivity contribution is 6.03. The molecule has 0 aliphatic heterocycles. The summed E-state index contributed by atoms with van der Waals surface area (Å²) in [6.07, 6.45) is 2.88. The van der Waals surface area contributed by atoms with E-state index in [2.05, 4.69) is 6.07 Å². The summed E-state index contributed by atoms with van der Waals surface area (Å²) in [6.45, 7) is 6.88. The summed E-state index contributed by atoms with van der Waals surface area (Å²) >= 11 is 0. The summed E-state index contributed by atoms with van der Waals surface area (Å²) in [5.41, 5.74) is 3.47. The van der Waals surface area contributed by atoms with Crippen LogP contribution in [0, 0.1) is 6.92 Å². The van der Waals surface area contributed by atoms with Crippen LogP contribution in [0.15, 0.2) is 18.3 Å². The second-order valence-corrected chi connectivity index (χ2v) is 4.30. The van der Waals surface area contributed by atoms with Gasteiger partial charge >= 0.3 is 5.97 Å². The summed E-state index contributed by atoms with van der Waals surface area (Å²) in [5, 5.41) is 10.4. The third kappa shape index (κ3) is 1.82. The number of carboxylic acid groups (broad SMARTS) is 1. The molecule has 0 atom stereocenters. The molecule has 2 rings (SSSR count). The van der Waals surface area contributed by atoms with E-state index < -0.39 is 5.97 Å². The number of aromatic nitrogens is 1. The first kappa shape index (κ1) is 11.7. The quantitative estimate of drug-likeness (QED) is 0.881. The Balaban J connectivity index is 2.88. The van der Waals surface area contributed by atoms with E-state index in [9.17, 15) is 9.90 Å². The maximum absolute atomic E-state index is 11.3. The number of rotatable bonds is 3. The van der Waals surface area contributed by atoms with Crippen LogP contribution in [0.3, 0.4) is 0 Å². The van der Waals surface area contributed by atoms with Gasteiger partial charge in [-0.05, 0) is 43.5 Å². The third-order valence-electron chi connectivity index (χ3n) is 3.21. The fourth-order valence-corrected chi connectivity index (χ4v) is 2.29. The Hall–Kier alpha value is -1.77. The molecule has 0 amide bonds. The Labute approximate surface area is 101 Å². The zero-order valence-electron chi connectivity index (χ0n) is 10.4. The zero-order chi connectivity index (χ0) is 12.6. The molecule has 3 nitrogen and oxygen atoms in total. The first-order valence-corrected chi connectivity index (χ1v) is 5.94. The summed E-state index contributed by atoms with van der Waals surface area (Å²) in [4.78, 5) is 11.3. The van der Waals surface area contributed by atoms with Crippen LogP contribution in [0.1, 0.15) is 35.3 Å². The molecule has 0 fully saturated rings. The number of hydrogen-bond donors (Lipinski definition) is 1. The molecule has 1 aromatic carbocycles. The van der Waals surface area contributed by atoms with Crippen molar-refractivity contribution in [1.29, 1.82) is 0 Å². The molecule has 0 saturated heterocycles. The van der Waals surface area contributed by atoms with Crippen molar-refractivity contribution in [3.63, 3.8) is 0 Å². The van der Waals surface area contributed by atoms with E-state index in [4.69, 9.17) is 0 Å². The van der Waals surface area contributed by atoms with E-state index in [0.717, 1.165) is 35.0 Å². The molecular formula is C14H17NO2. The number of fused-ring (bicyclic) bond motifs is 1. The van der Waals surface area contributed by atoms with E-state index in [1.165, 1.54) is 0 Å². The molecule has 1 N–H and O–H groups in total. The monoisotopic (exact) mass is 231 g/mol. The molecule has 17 heavy (non-hydrogen) atoms. The van der Waals surface area contributed by atoms with E-state index in [1.54, 1.807) is 6.07 Å². The highest BCUT2D eigenvalue weighted by Crippen LogP contribution is 2.26. The Morgan fingerprint density at radius 3 is 2.59 bits per heavy atom. The summed E-state index contributed by atoms with van der Waals surface area (Å²) in [5.74, 6) is -0.849. The van der Waals surface area contributed by atoms with Crippen LogP contribution in [0.2, 0.25) is 0 Å². The van der Waals surface area contributed by atoms with Crippen molar-refractivity contribution in [3.8, 4) is 0 Å². The van der Waals surface area contributed by atoms with Crippen molar-refractivity contribution in [3.05, 3.63) is 35.0 Å². The predicted octanol–water partition coefficient (Wildman–Crippen LogP) is 3.23. The van der Waals surface area contributed by atoms with E-state index >= 15 is 0 Å². The van der Waals surface area contributed by atoms with Crippen molar-refractivity contribution in [2.24, 2.45) is 0 Å². The van der Waals surface area contributed by atoms with E-state index in [1.807, 2.05) is 31.5 Å². The Kier molecular flexibility index (Phi) is 2.92. The molecule has 0 aliphatic rings. The van der Waals surface area contributed by atoms with Gasteiger partial charge in [-0.2, -0.15) is 0 Å². The van der Waals surface area contributed by atoms with Gasteiger partial charge < -0.3 is 9.67 Å². The topological polar surface area (TPSA) is 42.2 Å². The van der Waals surface area contributed by atoms with Crippen LogP contribution < -0.4 is 0 Å². The summed E-state index contributed by atoms with van der Waals surface area (Å²) in [6, 6.07) is 3.89. The number of aromatic carboxylic acids is 1. The summed E-state index contributed by atoms with van der Waals surface area (Å²) < 4.78 is 2.01. The lowest BCUT2D eigenvalue weighted by Crippen LogP contribution is -2.03. The van der Waals surface area contributed by atoms with Crippen molar-refractivity contribution in [2.45, 2.75) is 33.7 Å². The molecule has 90 valence electrons. The van der Waals surface area contributed by atoms with Crippen molar-refractivity contribution in [1.82, 2.24) is 4.57 Å². The normalized spacial score (nSPS) is 11.0. The molecule has 0 saturated carbocycles. The van der Waals surface area contributed by atoms with Crippen molar-refractivity contribution in [2.75, 3.05) is 0 Å². The van der Waals surface area contributed by atoms with Crippen LogP contribution in [0.25, 0.3) is 10.9 Å². The van der Waals surface area contributed by atoms with Gasteiger partial charge in [0.05, 0.1) is 11.1 Å². The first-order valence-electron chi connectivity index (χ1n) is 5.94.